The van der Waals surface area contributed by atoms with E-state index < -0.39 is 12.0 Å². The summed E-state index contributed by atoms with van der Waals surface area (Å²) in [7, 11) is 0. The number of halogens is 2. The molecule has 0 bridgehead atoms. The summed E-state index contributed by atoms with van der Waals surface area (Å²) >= 11 is 0. The molecular formula is C15H23F2N3O2. The first kappa shape index (κ1) is 15.5. The zero-order valence-corrected chi connectivity index (χ0v) is 12.6. The number of alkyl halides is 2. The molecule has 2 N–H and O–H groups in total. The minimum absolute atomic E-state index is 0.00615. The van der Waals surface area contributed by atoms with Gasteiger partial charge in [0, 0.05) is 37.9 Å². The molecule has 2 saturated carbocycles. The van der Waals surface area contributed by atoms with E-state index >= 15 is 0 Å². The van der Waals surface area contributed by atoms with Crippen LogP contribution in [-0.4, -0.2) is 47.9 Å². The van der Waals surface area contributed by atoms with Gasteiger partial charge in [-0.2, -0.15) is 0 Å². The standard InChI is InChI=1S/C15H23F2N3O2/c16-15(17)6-2-5-11(7-15)19-14(22)20-8-12(9-20)18-13(21)10-3-1-4-10/h10-12H,1-9H2,(H,18,21)(H,19,22). The average Bonchev–Trinajstić information content (AvgIpc) is 2.29. The molecular weight excluding hydrogens is 292 g/mol. The highest BCUT2D eigenvalue weighted by molar-refractivity contribution is 5.80. The largest absolute Gasteiger partial charge is 0.350 e. The summed E-state index contributed by atoms with van der Waals surface area (Å²) < 4.78 is 26.6. The Morgan fingerprint density at radius 2 is 1.73 bits per heavy atom. The minimum Gasteiger partial charge on any atom is -0.350 e. The van der Waals surface area contributed by atoms with E-state index in [1.165, 1.54) is 0 Å². The molecule has 1 saturated heterocycles. The molecule has 0 aromatic carbocycles. The number of amides is 3. The van der Waals surface area contributed by atoms with E-state index in [4.69, 9.17) is 0 Å². The molecule has 0 radical (unpaired) electrons. The molecule has 124 valence electrons. The van der Waals surface area contributed by atoms with Gasteiger partial charge in [-0.3, -0.25) is 4.79 Å². The Hall–Kier alpha value is -1.40. The van der Waals surface area contributed by atoms with Gasteiger partial charge in [0.15, 0.2) is 0 Å². The zero-order chi connectivity index (χ0) is 15.7. The number of urea groups is 1. The molecule has 1 atom stereocenters. The highest BCUT2D eigenvalue weighted by Gasteiger charge is 2.39. The molecule has 5 nitrogen and oxygen atoms in total. The van der Waals surface area contributed by atoms with Gasteiger partial charge in [-0.25, -0.2) is 13.6 Å². The van der Waals surface area contributed by atoms with Crippen LogP contribution in [0.2, 0.25) is 0 Å². The molecule has 3 aliphatic rings. The van der Waals surface area contributed by atoms with Crippen molar-refractivity contribution in [1.82, 2.24) is 15.5 Å². The lowest BCUT2D eigenvalue weighted by atomic mass is 9.84. The van der Waals surface area contributed by atoms with Gasteiger partial charge in [0.2, 0.25) is 11.8 Å². The summed E-state index contributed by atoms with van der Waals surface area (Å²) in [5.74, 6) is -2.43. The normalized spacial score (nSPS) is 28.5. The molecule has 22 heavy (non-hydrogen) atoms. The number of likely N-dealkylation sites (tertiary alicyclic amines) is 1. The summed E-state index contributed by atoms with van der Waals surface area (Å²) in [6, 6.07) is -0.733. The fourth-order valence-corrected chi connectivity index (χ4v) is 3.29. The highest BCUT2D eigenvalue weighted by atomic mass is 19.3. The summed E-state index contributed by atoms with van der Waals surface area (Å²) in [5.41, 5.74) is 0. The van der Waals surface area contributed by atoms with E-state index in [-0.39, 0.29) is 36.7 Å². The van der Waals surface area contributed by atoms with Gasteiger partial charge >= 0.3 is 6.03 Å². The van der Waals surface area contributed by atoms with Gasteiger partial charge in [-0.15, -0.1) is 0 Å². The first-order chi connectivity index (χ1) is 10.4. The van der Waals surface area contributed by atoms with Crippen molar-refractivity contribution in [3.05, 3.63) is 0 Å². The average molecular weight is 315 g/mol. The summed E-state index contributed by atoms with van der Waals surface area (Å²) in [4.78, 5) is 25.3. The molecule has 3 fully saturated rings. The van der Waals surface area contributed by atoms with E-state index in [1.54, 1.807) is 4.90 Å². The van der Waals surface area contributed by atoms with Crippen LogP contribution in [0.5, 0.6) is 0 Å². The van der Waals surface area contributed by atoms with E-state index in [0.717, 1.165) is 19.3 Å². The molecule has 3 amide bonds. The summed E-state index contributed by atoms with van der Waals surface area (Å²) in [6.45, 7) is 0.931. The Labute approximate surface area is 128 Å². The Morgan fingerprint density at radius 3 is 2.32 bits per heavy atom. The number of nitrogens with zero attached hydrogens (tertiary/aromatic N) is 1. The first-order valence-corrected chi connectivity index (χ1v) is 8.16. The maximum absolute atomic E-state index is 13.3. The van der Waals surface area contributed by atoms with Gasteiger partial charge in [0.05, 0.1) is 6.04 Å². The van der Waals surface area contributed by atoms with Crippen molar-refractivity contribution in [2.24, 2.45) is 5.92 Å². The second kappa shape index (κ2) is 6.01. The van der Waals surface area contributed by atoms with Gasteiger partial charge < -0.3 is 15.5 Å². The van der Waals surface area contributed by atoms with Crippen LogP contribution in [0.3, 0.4) is 0 Å². The van der Waals surface area contributed by atoms with Crippen molar-refractivity contribution in [3.8, 4) is 0 Å². The number of rotatable bonds is 3. The predicted molar refractivity (Wildman–Crippen MR) is 76.6 cm³/mol. The monoisotopic (exact) mass is 315 g/mol. The van der Waals surface area contributed by atoms with Gasteiger partial charge in [0.25, 0.3) is 0 Å². The fraction of sp³-hybridized carbons (Fsp3) is 0.867. The van der Waals surface area contributed by atoms with Crippen LogP contribution in [0.15, 0.2) is 0 Å². The number of carbonyl (C=O) groups excluding carboxylic acids is 2. The smallest absolute Gasteiger partial charge is 0.317 e. The second-order valence-corrected chi connectivity index (χ2v) is 6.84. The summed E-state index contributed by atoms with van der Waals surface area (Å²) in [6.07, 6.45) is 3.72. The van der Waals surface area contributed by atoms with E-state index in [2.05, 4.69) is 10.6 Å². The molecule has 1 heterocycles. The molecule has 0 aromatic heterocycles. The van der Waals surface area contributed by atoms with E-state index in [9.17, 15) is 18.4 Å². The zero-order valence-electron chi connectivity index (χ0n) is 12.6. The SMILES string of the molecule is O=C(NC1CN(C(=O)NC2CCCC(F)(F)C2)C1)C1CCC1. The molecule has 1 aliphatic heterocycles. The second-order valence-electron chi connectivity index (χ2n) is 6.84. The van der Waals surface area contributed by atoms with Crippen molar-refractivity contribution in [1.29, 1.82) is 0 Å². The minimum atomic E-state index is -2.66. The summed E-state index contributed by atoms with van der Waals surface area (Å²) in [5, 5.41) is 5.63. The number of hydrogen-bond acceptors (Lipinski definition) is 2. The van der Waals surface area contributed by atoms with Crippen molar-refractivity contribution in [3.63, 3.8) is 0 Å². The van der Waals surface area contributed by atoms with Crippen LogP contribution in [0.1, 0.15) is 44.9 Å². The third-order valence-corrected chi connectivity index (χ3v) is 4.96. The molecule has 0 spiro atoms. The first-order valence-electron chi connectivity index (χ1n) is 8.16. The third-order valence-electron chi connectivity index (χ3n) is 4.96. The number of nitrogens with one attached hydrogen (secondary N) is 2. The van der Waals surface area contributed by atoms with Crippen LogP contribution in [0.25, 0.3) is 0 Å². The number of carbonyl (C=O) groups is 2. The Balaban J connectivity index is 1.37. The Bertz CT molecular complexity index is 448. The van der Waals surface area contributed by atoms with Crippen molar-refractivity contribution in [2.75, 3.05) is 13.1 Å². The molecule has 0 aromatic rings. The molecule has 3 rings (SSSR count). The fourth-order valence-electron chi connectivity index (χ4n) is 3.29. The van der Waals surface area contributed by atoms with Crippen LogP contribution < -0.4 is 10.6 Å². The topological polar surface area (TPSA) is 61.4 Å². The lowest BCUT2D eigenvalue weighted by molar-refractivity contribution is -0.129. The maximum atomic E-state index is 13.3. The Morgan fingerprint density at radius 1 is 1.00 bits per heavy atom. The quantitative estimate of drug-likeness (QED) is 0.835. The lowest BCUT2D eigenvalue weighted by Crippen LogP contribution is -2.64. The van der Waals surface area contributed by atoms with Crippen LogP contribution >= 0.6 is 0 Å². The maximum Gasteiger partial charge on any atom is 0.317 e. The van der Waals surface area contributed by atoms with E-state index in [1.807, 2.05) is 0 Å². The highest BCUT2D eigenvalue weighted by Crippen LogP contribution is 2.33. The van der Waals surface area contributed by atoms with Gasteiger partial charge in [0.1, 0.15) is 0 Å². The van der Waals surface area contributed by atoms with Crippen LogP contribution in [0.4, 0.5) is 13.6 Å². The van der Waals surface area contributed by atoms with Crippen molar-refractivity contribution >= 4 is 11.9 Å². The Kier molecular flexibility index (Phi) is 4.23. The lowest BCUT2D eigenvalue weighted by Gasteiger charge is -2.41. The van der Waals surface area contributed by atoms with Crippen molar-refractivity contribution in [2.45, 2.75) is 63.0 Å². The third kappa shape index (κ3) is 3.50. The van der Waals surface area contributed by atoms with Gasteiger partial charge in [-0.05, 0) is 25.7 Å². The molecule has 7 heteroatoms. The van der Waals surface area contributed by atoms with Crippen LogP contribution in [-0.2, 0) is 4.79 Å². The molecule has 1 unspecified atom stereocenters. The predicted octanol–water partition coefficient (Wildman–Crippen LogP) is 1.87. The van der Waals surface area contributed by atoms with E-state index in [0.29, 0.717) is 25.9 Å². The van der Waals surface area contributed by atoms with Crippen molar-refractivity contribution < 1.29 is 18.4 Å². The van der Waals surface area contributed by atoms with Gasteiger partial charge in [-0.1, -0.05) is 6.42 Å². The van der Waals surface area contributed by atoms with Crippen LogP contribution in [0, 0.1) is 5.92 Å². The molecule has 2 aliphatic carbocycles. The number of hydrogen-bond donors (Lipinski definition) is 2.